The molecule has 122 valence electrons. The molecule has 0 aliphatic carbocycles. The van der Waals surface area contributed by atoms with Gasteiger partial charge in [-0.25, -0.2) is 0 Å². The van der Waals surface area contributed by atoms with Crippen molar-refractivity contribution in [3.63, 3.8) is 0 Å². The van der Waals surface area contributed by atoms with E-state index in [0.29, 0.717) is 11.4 Å². The maximum Gasteiger partial charge on any atom is 0.283 e. The first-order valence-electron chi connectivity index (χ1n) is 7.64. The van der Waals surface area contributed by atoms with Crippen molar-refractivity contribution in [1.82, 2.24) is 0 Å². The Hall–Kier alpha value is -1.73. The van der Waals surface area contributed by atoms with Crippen LogP contribution in [0.1, 0.15) is 35.6 Å². The number of hydrogen-bond donors (Lipinski definition) is 1. The molecule has 0 amide bonds. The molecule has 2 aromatic rings. The molecule has 0 aromatic heterocycles. The Morgan fingerprint density at radius 1 is 1.22 bits per heavy atom. The third-order valence-electron chi connectivity index (χ3n) is 3.75. The van der Waals surface area contributed by atoms with Crippen LogP contribution >= 0.6 is 9.24 Å². The van der Waals surface area contributed by atoms with Crippen molar-refractivity contribution in [2.45, 2.75) is 32.4 Å². The molecule has 4 heteroatoms. The largest absolute Gasteiger partial charge is 0.356 e. The first-order valence-corrected chi connectivity index (χ1v) is 8.22. The van der Waals surface area contributed by atoms with E-state index in [1.54, 1.807) is 21.4 Å². The second kappa shape index (κ2) is 7.23. The molecule has 0 aliphatic heterocycles. The molecule has 0 heterocycles. The van der Waals surface area contributed by atoms with Gasteiger partial charge in [0, 0.05) is 16.9 Å². The molecule has 0 saturated heterocycles. The second-order valence-corrected chi connectivity index (χ2v) is 6.42. The zero-order chi connectivity index (χ0) is 17.0. The van der Waals surface area contributed by atoms with Crippen LogP contribution in [0, 0.1) is 6.92 Å². The Morgan fingerprint density at radius 3 is 2.57 bits per heavy atom. The van der Waals surface area contributed by atoms with Crippen LogP contribution in [0.15, 0.2) is 49.0 Å². The lowest BCUT2D eigenvalue weighted by molar-refractivity contribution is 0.104. The second-order valence-electron chi connectivity index (χ2n) is 5.70. The lowest BCUT2D eigenvalue weighted by Gasteiger charge is -2.15. The van der Waals surface area contributed by atoms with Gasteiger partial charge < -0.3 is 5.32 Å². The van der Waals surface area contributed by atoms with Gasteiger partial charge >= 0.3 is 0 Å². The zero-order valence-corrected chi connectivity index (χ0v) is 14.7. The van der Waals surface area contributed by atoms with E-state index in [-0.39, 0.29) is 5.56 Å². The fourth-order valence-electron chi connectivity index (χ4n) is 2.48. The van der Waals surface area contributed by atoms with Crippen molar-refractivity contribution in [2.75, 3.05) is 5.32 Å². The van der Waals surface area contributed by atoms with Crippen LogP contribution < -0.4 is 5.32 Å². The summed E-state index contributed by atoms with van der Waals surface area (Å²) in [5, 5.41) is 3.11. The van der Waals surface area contributed by atoms with Crippen LogP contribution in [0.3, 0.4) is 0 Å². The topological polar surface area (TPSA) is 12.0 Å². The van der Waals surface area contributed by atoms with Gasteiger partial charge in [-0.15, -0.1) is 0 Å². The van der Waals surface area contributed by atoms with Crippen molar-refractivity contribution >= 4 is 20.6 Å². The van der Waals surface area contributed by atoms with E-state index in [1.165, 1.54) is 23.3 Å². The van der Waals surface area contributed by atoms with Gasteiger partial charge in [-0.2, -0.15) is 8.78 Å². The minimum absolute atomic E-state index is 0.0465. The average Bonchev–Trinajstić information content (AvgIpc) is 2.49. The number of halogens is 2. The summed E-state index contributed by atoms with van der Waals surface area (Å²) in [6.45, 7) is 8.26. The number of alkyl halides is 2. The predicted molar refractivity (Wildman–Crippen MR) is 97.9 cm³/mol. The number of hydrogen-bond acceptors (Lipinski definition) is 1. The minimum atomic E-state index is -2.93. The van der Waals surface area contributed by atoms with Crippen molar-refractivity contribution in [2.24, 2.45) is 0 Å². The quantitative estimate of drug-likeness (QED) is 0.644. The van der Waals surface area contributed by atoms with Crippen LogP contribution in [0.5, 0.6) is 0 Å². The molecule has 1 nitrogen and oxygen atoms in total. The summed E-state index contributed by atoms with van der Waals surface area (Å²) >= 11 is 0. The maximum atomic E-state index is 13.4. The van der Waals surface area contributed by atoms with Gasteiger partial charge in [0.25, 0.3) is 5.66 Å². The summed E-state index contributed by atoms with van der Waals surface area (Å²) in [7, 11) is 1.56. The Morgan fingerprint density at radius 2 is 1.96 bits per heavy atom. The first kappa shape index (κ1) is 17.6. The van der Waals surface area contributed by atoms with Crippen LogP contribution in [-0.4, -0.2) is 0 Å². The number of anilines is 1. The molecule has 0 spiro atoms. The van der Waals surface area contributed by atoms with Gasteiger partial charge in [0.15, 0.2) is 0 Å². The van der Waals surface area contributed by atoms with E-state index in [4.69, 9.17) is 0 Å². The molecular formula is C19H22F2NP. The van der Waals surface area contributed by atoms with Crippen molar-refractivity contribution < 1.29 is 8.78 Å². The molecule has 0 radical (unpaired) electrons. The van der Waals surface area contributed by atoms with E-state index >= 15 is 0 Å². The number of aryl methyl sites for hydroxylation is 2. The zero-order valence-electron chi connectivity index (χ0n) is 13.5. The molecule has 0 fully saturated rings. The standard InChI is InChI=1S/C19H22F2NP/c1-4-6-15-9-10-16(11-13(15)2)14(3)22-18-8-5-7-17(12-18)19(20,21)23/h5,7-12,22H,3-4,6,23H2,1-2H3. The number of benzene rings is 2. The third kappa shape index (κ3) is 4.62. The van der Waals surface area contributed by atoms with Crippen molar-refractivity contribution in [1.29, 1.82) is 0 Å². The number of nitrogens with one attached hydrogen (secondary N) is 1. The molecule has 0 saturated carbocycles. The van der Waals surface area contributed by atoms with Crippen LogP contribution in [0.25, 0.3) is 5.70 Å². The SMILES string of the molecule is C=C(Nc1cccc(C(F)(F)P)c1)c1ccc(CCC)c(C)c1. The highest BCUT2D eigenvalue weighted by atomic mass is 31.0. The van der Waals surface area contributed by atoms with E-state index in [1.807, 2.05) is 6.07 Å². The average molecular weight is 333 g/mol. The Bertz CT molecular complexity index is 705. The Kier molecular flexibility index (Phi) is 5.54. The maximum absolute atomic E-state index is 13.4. The Balaban J connectivity index is 2.18. The third-order valence-corrected chi connectivity index (χ3v) is 4.09. The molecule has 2 aromatic carbocycles. The van der Waals surface area contributed by atoms with Crippen molar-refractivity contribution in [3.05, 3.63) is 71.3 Å². The smallest absolute Gasteiger partial charge is 0.283 e. The molecule has 23 heavy (non-hydrogen) atoms. The lowest BCUT2D eigenvalue weighted by Crippen LogP contribution is -2.04. The molecule has 1 atom stereocenters. The highest BCUT2D eigenvalue weighted by Gasteiger charge is 2.24. The van der Waals surface area contributed by atoms with Crippen molar-refractivity contribution in [3.8, 4) is 0 Å². The fourth-order valence-corrected chi connectivity index (χ4v) is 2.66. The van der Waals surface area contributed by atoms with Gasteiger partial charge in [-0.05, 0) is 48.2 Å². The van der Waals surface area contributed by atoms with Gasteiger partial charge in [0.05, 0.1) is 0 Å². The first-order chi connectivity index (χ1) is 10.8. The summed E-state index contributed by atoms with van der Waals surface area (Å²) < 4.78 is 26.8. The summed E-state index contributed by atoms with van der Waals surface area (Å²) in [4.78, 5) is 0. The monoisotopic (exact) mass is 333 g/mol. The lowest BCUT2D eigenvalue weighted by atomic mass is 10.0. The van der Waals surface area contributed by atoms with E-state index in [2.05, 4.69) is 37.9 Å². The highest BCUT2D eigenvalue weighted by molar-refractivity contribution is 7.17. The summed E-state index contributed by atoms with van der Waals surface area (Å²) in [5.74, 6) is 0. The van der Waals surface area contributed by atoms with Crippen LogP contribution in [-0.2, 0) is 12.1 Å². The van der Waals surface area contributed by atoms with E-state index < -0.39 is 5.66 Å². The molecule has 0 aliphatic rings. The fraction of sp³-hybridized carbons (Fsp3) is 0.263. The highest BCUT2D eigenvalue weighted by Crippen LogP contribution is 2.36. The normalized spacial score (nSPS) is 11.3. The molecule has 0 bridgehead atoms. The summed E-state index contributed by atoms with van der Waals surface area (Å²) in [5.41, 5.74) is 1.83. The molecule has 1 unspecified atom stereocenters. The predicted octanol–water partition coefficient (Wildman–Crippen LogP) is 5.95. The minimum Gasteiger partial charge on any atom is -0.356 e. The van der Waals surface area contributed by atoms with Gasteiger partial charge in [-0.3, -0.25) is 0 Å². The van der Waals surface area contributed by atoms with E-state index in [0.717, 1.165) is 18.4 Å². The van der Waals surface area contributed by atoms with E-state index in [9.17, 15) is 8.78 Å². The summed E-state index contributed by atoms with van der Waals surface area (Å²) in [6.07, 6.45) is 2.16. The van der Waals surface area contributed by atoms with Gasteiger partial charge in [0.2, 0.25) is 0 Å². The van der Waals surface area contributed by atoms with Gasteiger partial charge in [0.1, 0.15) is 0 Å². The molecular weight excluding hydrogens is 311 g/mol. The Labute approximate surface area is 139 Å². The van der Waals surface area contributed by atoms with Gasteiger partial charge in [-0.1, -0.05) is 53.4 Å². The molecule has 2 rings (SSSR count). The molecule has 1 N–H and O–H groups in total. The van der Waals surface area contributed by atoms with Crippen LogP contribution in [0.4, 0.5) is 14.5 Å². The summed E-state index contributed by atoms with van der Waals surface area (Å²) in [6, 6.07) is 12.4. The van der Waals surface area contributed by atoms with Crippen LogP contribution in [0.2, 0.25) is 0 Å². The number of rotatable bonds is 6.